The first-order valence-corrected chi connectivity index (χ1v) is 6.51. The maximum Gasteiger partial charge on any atom is 0.178 e. The van der Waals surface area contributed by atoms with Crippen LogP contribution in [0.5, 0.6) is 0 Å². The molecule has 1 saturated carbocycles. The second-order valence-corrected chi connectivity index (χ2v) is 5.49. The Labute approximate surface area is 94.7 Å². The second-order valence-electron chi connectivity index (χ2n) is 4.60. The summed E-state index contributed by atoms with van der Waals surface area (Å²) in [7, 11) is 0. The summed E-state index contributed by atoms with van der Waals surface area (Å²) >= 11 is 1.65. The van der Waals surface area contributed by atoms with Crippen molar-refractivity contribution in [3.05, 3.63) is 16.1 Å². The van der Waals surface area contributed by atoms with Gasteiger partial charge < -0.3 is 0 Å². The molecule has 1 fully saturated rings. The average molecular weight is 223 g/mol. The topological polar surface area (TPSA) is 30.0 Å². The Morgan fingerprint density at radius 1 is 1.53 bits per heavy atom. The van der Waals surface area contributed by atoms with E-state index in [2.05, 4.69) is 11.9 Å². The molecule has 0 spiro atoms. The minimum atomic E-state index is 0.0846. The van der Waals surface area contributed by atoms with Gasteiger partial charge in [0.25, 0.3) is 0 Å². The lowest BCUT2D eigenvalue weighted by Gasteiger charge is -2.24. The Morgan fingerprint density at radius 2 is 2.33 bits per heavy atom. The summed E-state index contributed by atoms with van der Waals surface area (Å²) in [4.78, 5) is 15.6. The molecule has 0 amide bonds. The number of aromatic nitrogens is 1. The Hall–Kier alpha value is -0.700. The number of hydrogen-bond acceptors (Lipinski definition) is 3. The monoisotopic (exact) mass is 223 g/mol. The number of carbonyl (C=O) groups excluding carboxylic acids is 1. The van der Waals surface area contributed by atoms with Crippen molar-refractivity contribution in [1.29, 1.82) is 0 Å². The summed E-state index contributed by atoms with van der Waals surface area (Å²) in [5.74, 6) is 1.50. The van der Waals surface area contributed by atoms with E-state index in [4.69, 9.17) is 0 Å². The van der Waals surface area contributed by atoms with Crippen LogP contribution in [0, 0.1) is 5.92 Å². The zero-order valence-electron chi connectivity index (χ0n) is 9.32. The van der Waals surface area contributed by atoms with Gasteiger partial charge in [-0.2, -0.15) is 0 Å². The Morgan fingerprint density at radius 3 is 2.93 bits per heavy atom. The first-order valence-electron chi connectivity index (χ1n) is 5.63. The van der Waals surface area contributed by atoms with Crippen LogP contribution in [-0.4, -0.2) is 10.8 Å². The van der Waals surface area contributed by atoms with Gasteiger partial charge in [0.2, 0.25) is 0 Å². The van der Waals surface area contributed by atoms with E-state index in [1.54, 1.807) is 18.3 Å². The minimum Gasteiger partial charge on any atom is -0.293 e. The van der Waals surface area contributed by atoms with E-state index in [0.29, 0.717) is 11.6 Å². The van der Waals surface area contributed by atoms with Crippen molar-refractivity contribution in [1.82, 2.24) is 4.98 Å². The number of ketones is 1. The Balaban J connectivity index is 2.11. The molecular formula is C12H17NOS. The van der Waals surface area contributed by atoms with Gasteiger partial charge in [0, 0.05) is 18.2 Å². The summed E-state index contributed by atoms with van der Waals surface area (Å²) < 4.78 is 0. The summed E-state index contributed by atoms with van der Waals surface area (Å²) in [6.45, 7) is 3.90. The Bertz CT molecular complexity index is 358. The highest BCUT2D eigenvalue weighted by molar-refractivity contribution is 7.09. The maximum absolute atomic E-state index is 11.1. The molecular weight excluding hydrogens is 206 g/mol. The van der Waals surface area contributed by atoms with Gasteiger partial charge in [-0.3, -0.25) is 4.79 Å². The van der Waals surface area contributed by atoms with Crippen LogP contribution in [0.1, 0.15) is 60.9 Å². The highest BCUT2D eigenvalue weighted by Gasteiger charge is 2.23. The van der Waals surface area contributed by atoms with E-state index < -0.39 is 0 Å². The summed E-state index contributed by atoms with van der Waals surface area (Å²) in [6, 6.07) is 0. The average Bonchev–Trinajstić information content (AvgIpc) is 2.66. The van der Waals surface area contributed by atoms with Crippen molar-refractivity contribution >= 4 is 17.1 Å². The van der Waals surface area contributed by atoms with Crippen molar-refractivity contribution in [2.75, 3.05) is 0 Å². The molecule has 1 aromatic rings. The predicted molar refractivity (Wildman–Crippen MR) is 62.5 cm³/mol. The van der Waals surface area contributed by atoms with Crippen LogP contribution >= 0.6 is 11.3 Å². The van der Waals surface area contributed by atoms with Gasteiger partial charge >= 0.3 is 0 Å². The van der Waals surface area contributed by atoms with Gasteiger partial charge in [-0.05, 0) is 18.8 Å². The number of carbonyl (C=O) groups is 1. The van der Waals surface area contributed by atoms with Gasteiger partial charge in [-0.15, -0.1) is 11.3 Å². The zero-order valence-corrected chi connectivity index (χ0v) is 10.1. The molecule has 0 aliphatic heterocycles. The molecule has 1 aliphatic carbocycles. The minimum absolute atomic E-state index is 0.0846. The molecule has 2 unspecified atom stereocenters. The van der Waals surface area contributed by atoms with Gasteiger partial charge in [0.15, 0.2) is 5.78 Å². The summed E-state index contributed by atoms with van der Waals surface area (Å²) in [5, 5.41) is 3.07. The molecule has 0 radical (unpaired) electrons. The van der Waals surface area contributed by atoms with Crippen LogP contribution in [0.4, 0.5) is 0 Å². The third-order valence-electron chi connectivity index (χ3n) is 3.17. The molecule has 0 aromatic carbocycles. The highest BCUT2D eigenvalue weighted by atomic mass is 32.1. The van der Waals surface area contributed by atoms with Crippen molar-refractivity contribution in [2.24, 2.45) is 5.92 Å². The van der Waals surface area contributed by atoms with Crippen LogP contribution in [0.15, 0.2) is 5.38 Å². The summed E-state index contributed by atoms with van der Waals surface area (Å²) in [5.41, 5.74) is 0.647. The fraction of sp³-hybridized carbons (Fsp3) is 0.667. The molecule has 0 bridgehead atoms. The van der Waals surface area contributed by atoms with Crippen molar-refractivity contribution < 1.29 is 4.79 Å². The molecule has 15 heavy (non-hydrogen) atoms. The zero-order chi connectivity index (χ0) is 10.8. The van der Waals surface area contributed by atoms with Crippen LogP contribution < -0.4 is 0 Å². The number of nitrogens with zero attached hydrogens (tertiary/aromatic N) is 1. The molecule has 0 saturated heterocycles. The molecule has 1 heterocycles. The van der Waals surface area contributed by atoms with E-state index in [-0.39, 0.29) is 5.78 Å². The van der Waals surface area contributed by atoms with Crippen molar-refractivity contribution in [2.45, 2.75) is 45.4 Å². The van der Waals surface area contributed by atoms with E-state index in [1.807, 2.05) is 5.38 Å². The third-order valence-corrected chi connectivity index (χ3v) is 4.18. The molecule has 2 rings (SSSR count). The van der Waals surface area contributed by atoms with E-state index in [0.717, 1.165) is 5.92 Å². The number of thiazole rings is 1. The lowest BCUT2D eigenvalue weighted by atomic mass is 9.83. The summed E-state index contributed by atoms with van der Waals surface area (Å²) in [6.07, 6.45) is 5.14. The van der Waals surface area contributed by atoms with E-state index >= 15 is 0 Å². The maximum atomic E-state index is 11.1. The van der Waals surface area contributed by atoms with E-state index in [9.17, 15) is 4.79 Å². The first-order chi connectivity index (χ1) is 7.16. The lowest BCUT2D eigenvalue weighted by molar-refractivity contribution is 0.101. The molecule has 1 aromatic heterocycles. The van der Waals surface area contributed by atoms with Gasteiger partial charge in [0.1, 0.15) is 5.69 Å². The standard InChI is InChI=1S/C12H17NOS/c1-8-4-3-5-10(6-8)12-13-11(7-15-12)9(2)14/h7-8,10H,3-6H2,1-2H3. The third kappa shape index (κ3) is 2.46. The lowest BCUT2D eigenvalue weighted by Crippen LogP contribution is -2.11. The largest absolute Gasteiger partial charge is 0.293 e. The van der Waals surface area contributed by atoms with Crippen molar-refractivity contribution in [3.63, 3.8) is 0 Å². The molecule has 1 aliphatic rings. The molecule has 3 heteroatoms. The molecule has 2 nitrogen and oxygen atoms in total. The van der Waals surface area contributed by atoms with Crippen LogP contribution in [0.2, 0.25) is 0 Å². The second kappa shape index (κ2) is 4.44. The van der Waals surface area contributed by atoms with Gasteiger partial charge in [-0.25, -0.2) is 4.98 Å². The van der Waals surface area contributed by atoms with Crippen LogP contribution in [-0.2, 0) is 0 Å². The van der Waals surface area contributed by atoms with Crippen molar-refractivity contribution in [3.8, 4) is 0 Å². The molecule has 82 valence electrons. The number of rotatable bonds is 2. The highest BCUT2D eigenvalue weighted by Crippen LogP contribution is 2.37. The van der Waals surface area contributed by atoms with Crippen LogP contribution in [0.3, 0.4) is 0 Å². The fourth-order valence-electron chi connectivity index (χ4n) is 2.30. The SMILES string of the molecule is CC(=O)c1csc(C2CCCC(C)C2)n1. The van der Waals surface area contributed by atoms with E-state index in [1.165, 1.54) is 30.7 Å². The fourth-order valence-corrected chi connectivity index (χ4v) is 3.30. The smallest absolute Gasteiger partial charge is 0.178 e. The van der Waals surface area contributed by atoms with Gasteiger partial charge in [0.05, 0.1) is 5.01 Å². The Kier molecular flexibility index (Phi) is 3.19. The van der Waals surface area contributed by atoms with Gasteiger partial charge in [-0.1, -0.05) is 19.8 Å². The molecule has 0 N–H and O–H groups in total. The number of hydrogen-bond donors (Lipinski definition) is 0. The quantitative estimate of drug-likeness (QED) is 0.716. The predicted octanol–water partition coefficient (Wildman–Crippen LogP) is 3.64. The van der Waals surface area contributed by atoms with Crippen LogP contribution in [0.25, 0.3) is 0 Å². The first kappa shape index (κ1) is 10.8. The molecule has 2 atom stereocenters. The normalized spacial score (nSPS) is 26.5. The number of Topliss-reactive ketones (excluding diaryl/α,β-unsaturated/α-hetero) is 1.